The van der Waals surface area contributed by atoms with Crippen LogP contribution in [0.1, 0.15) is 30.9 Å². The molecule has 1 fully saturated rings. The fourth-order valence-electron chi connectivity index (χ4n) is 3.21. The number of hydrogen-bond acceptors (Lipinski definition) is 4. The zero-order valence-corrected chi connectivity index (χ0v) is 19.0. The largest absolute Gasteiger partial charge is 0.490 e. The summed E-state index contributed by atoms with van der Waals surface area (Å²) in [4.78, 5) is 14.3. The van der Waals surface area contributed by atoms with E-state index in [9.17, 15) is 10.1 Å². The minimum atomic E-state index is -0.229. The van der Waals surface area contributed by atoms with Crippen LogP contribution in [0.25, 0.3) is 6.08 Å². The van der Waals surface area contributed by atoms with Crippen molar-refractivity contribution in [3.8, 4) is 17.6 Å². The van der Waals surface area contributed by atoms with E-state index in [0.717, 1.165) is 18.4 Å². The Morgan fingerprint density at radius 2 is 1.93 bits per heavy atom. The van der Waals surface area contributed by atoms with Gasteiger partial charge in [0.2, 0.25) is 0 Å². The first-order chi connectivity index (χ1) is 14.5. The number of benzene rings is 2. The lowest BCUT2D eigenvalue weighted by Gasteiger charge is -2.16. The van der Waals surface area contributed by atoms with E-state index < -0.39 is 0 Å². The molecule has 7 heteroatoms. The van der Waals surface area contributed by atoms with Crippen LogP contribution in [0.3, 0.4) is 0 Å². The molecule has 1 heterocycles. The van der Waals surface area contributed by atoms with Crippen molar-refractivity contribution in [2.24, 2.45) is 0 Å². The number of likely N-dealkylation sites (tertiary alicyclic amines) is 1. The quantitative estimate of drug-likeness (QED) is 0.375. The maximum absolute atomic E-state index is 12.6. The van der Waals surface area contributed by atoms with Gasteiger partial charge in [-0.3, -0.25) is 4.79 Å². The van der Waals surface area contributed by atoms with Gasteiger partial charge in [-0.2, -0.15) is 5.26 Å². The molecular weight excluding hydrogens is 468 g/mol. The topological polar surface area (TPSA) is 62.6 Å². The zero-order valence-electron chi connectivity index (χ0n) is 16.7. The second kappa shape index (κ2) is 10.5. The van der Waals surface area contributed by atoms with E-state index in [-0.39, 0.29) is 11.5 Å². The van der Waals surface area contributed by atoms with Crippen molar-refractivity contribution in [1.29, 1.82) is 5.26 Å². The summed E-state index contributed by atoms with van der Waals surface area (Å²) in [7, 11) is 0. The summed E-state index contributed by atoms with van der Waals surface area (Å²) < 4.78 is 12.4. The molecule has 0 aromatic heterocycles. The van der Waals surface area contributed by atoms with Crippen molar-refractivity contribution in [2.75, 3.05) is 19.7 Å². The van der Waals surface area contributed by atoms with Gasteiger partial charge < -0.3 is 14.4 Å². The Bertz CT molecular complexity index is 977. The zero-order chi connectivity index (χ0) is 21.5. The fourth-order valence-corrected chi connectivity index (χ4v) is 3.91. The minimum absolute atomic E-state index is 0.112. The Morgan fingerprint density at radius 1 is 1.23 bits per heavy atom. The number of halogens is 2. The molecule has 0 atom stereocenters. The lowest BCUT2D eigenvalue weighted by atomic mass is 10.1. The lowest BCUT2D eigenvalue weighted by molar-refractivity contribution is -0.125. The van der Waals surface area contributed by atoms with Gasteiger partial charge in [-0.05, 0) is 77.2 Å². The molecular formula is C23H22BrClN2O3. The summed E-state index contributed by atoms with van der Waals surface area (Å²) in [6, 6.07) is 13.1. The van der Waals surface area contributed by atoms with Crippen molar-refractivity contribution in [2.45, 2.75) is 26.4 Å². The molecule has 1 aliphatic rings. The second-order valence-electron chi connectivity index (χ2n) is 6.85. The Balaban J connectivity index is 1.85. The number of nitriles is 1. The molecule has 30 heavy (non-hydrogen) atoms. The summed E-state index contributed by atoms with van der Waals surface area (Å²) >= 11 is 9.47. The number of hydrogen-bond donors (Lipinski definition) is 0. The van der Waals surface area contributed by atoms with Crippen LogP contribution >= 0.6 is 27.5 Å². The average molecular weight is 490 g/mol. The monoisotopic (exact) mass is 488 g/mol. The average Bonchev–Trinajstić information content (AvgIpc) is 3.27. The van der Waals surface area contributed by atoms with Crippen LogP contribution in [-0.4, -0.2) is 30.5 Å². The number of amides is 1. The smallest absolute Gasteiger partial charge is 0.264 e. The molecule has 0 aliphatic carbocycles. The molecule has 0 bridgehead atoms. The van der Waals surface area contributed by atoms with E-state index in [1.54, 1.807) is 17.0 Å². The second-order valence-corrected chi connectivity index (χ2v) is 8.14. The van der Waals surface area contributed by atoms with Crippen LogP contribution in [0.2, 0.25) is 5.02 Å². The normalized spacial score (nSPS) is 13.8. The highest BCUT2D eigenvalue weighted by molar-refractivity contribution is 9.10. The first-order valence-corrected chi connectivity index (χ1v) is 10.9. The van der Waals surface area contributed by atoms with E-state index in [2.05, 4.69) is 15.9 Å². The number of carbonyl (C=O) groups excluding carboxylic acids is 1. The Kier molecular flexibility index (Phi) is 7.78. The van der Waals surface area contributed by atoms with Crippen molar-refractivity contribution < 1.29 is 14.3 Å². The molecule has 2 aromatic carbocycles. The van der Waals surface area contributed by atoms with Crippen LogP contribution in [0.4, 0.5) is 0 Å². The molecule has 0 spiro atoms. The standard InChI is InChI=1S/C23H22BrClN2O3/c1-2-29-21-13-17(11-18(14-26)23(28)27-9-3-4-10-27)12-20(24)22(21)30-15-16-5-7-19(25)8-6-16/h5-8,11-13H,2-4,9-10,15H2,1H3/b18-11+. The van der Waals surface area contributed by atoms with Gasteiger partial charge in [0, 0.05) is 18.1 Å². The third-order valence-electron chi connectivity index (χ3n) is 4.68. The highest BCUT2D eigenvalue weighted by Gasteiger charge is 2.22. The van der Waals surface area contributed by atoms with Gasteiger partial charge in [0.15, 0.2) is 11.5 Å². The van der Waals surface area contributed by atoms with Gasteiger partial charge in [-0.1, -0.05) is 23.7 Å². The minimum Gasteiger partial charge on any atom is -0.490 e. The molecule has 1 aliphatic heterocycles. The number of ether oxygens (including phenoxy) is 2. The fraction of sp³-hybridized carbons (Fsp3) is 0.304. The molecule has 156 valence electrons. The SMILES string of the molecule is CCOc1cc(/C=C(\C#N)C(=O)N2CCCC2)cc(Br)c1OCc1ccc(Cl)cc1. The number of rotatable bonds is 7. The number of carbonyl (C=O) groups is 1. The van der Waals surface area contributed by atoms with Crippen molar-refractivity contribution in [1.82, 2.24) is 4.90 Å². The van der Waals surface area contributed by atoms with E-state index >= 15 is 0 Å². The van der Waals surface area contributed by atoms with Crippen molar-refractivity contribution >= 4 is 39.5 Å². The maximum atomic E-state index is 12.6. The molecule has 0 unspecified atom stereocenters. The first kappa shape index (κ1) is 22.2. The summed E-state index contributed by atoms with van der Waals surface area (Å²) in [6.07, 6.45) is 3.55. The predicted octanol–water partition coefficient (Wildman–Crippen LogP) is 5.61. The molecule has 5 nitrogen and oxygen atoms in total. The highest BCUT2D eigenvalue weighted by atomic mass is 79.9. The van der Waals surface area contributed by atoms with Gasteiger partial charge >= 0.3 is 0 Å². The molecule has 3 rings (SSSR count). The Labute approximate surface area is 190 Å². The molecule has 1 saturated heterocycles. The summed E-state index contributed by atoms with van der Waals surface area (Å²) in [6.45, 7) is 4.08. The summed E-state index contributed by atoms with van der Waals surface area (Å²) in [5.74, 6) is 0.874. The molecule has 0 N–H and O–H groups in total. The van der Waals surface area contributed by atoms with Gasteiger partial charge in [0.25, 0.3) is 5.91 Å². The Hall–Kier alpha value is -2.49. The van der Waals surface area contributed by atoms with Crippen LogP contribution < -0.4 is 9.47 Å². The van der Waals surface area contributed by atoms with E-state index in [1.807, 2.05) is 43.3 Å². The first-order valence-electron chi connectivity index (χ1n) is 9.76. The lowest BCUT2D eigenvalue weighted by Crippen LogP contribution is -2.28. The molecule has 1 amide bonds. The van der Waals surface area contributed by atoms with Crippen LogP contribution in [0.5, 0.6) is 11.5 Å². The highest BCUT2D eigenvalue weighted by Crippen LogP contribution is 2.38. The molecule has 0 radical (unpaired) electrons. The summed E-state index contributed by atoms with van der Waals surface area (Å²) in [5.41, 5.74) is 1.77. The summed E-state index contributed by atoms with van der Waals surface area (Å²) in [5, 5.41) is 10.2. The third kappa shape index (κ3) is 5.56. The van der Waals surface area contributed by atoms with E-state index in [4.69, 9.17) is 21.1 Å². The Morgan fingerprint density at radius 3 is 2.57 bits per heavy atom. The maximum Gasteiger partial charge on any atom is 0.264 e. The van der Waals surface area contributed by atoms with Crippen molar-refractivity contribution in [3.05, 3.63) is 62.6 Å². The van der Waals surface area contributed by atoms with Crippen molar-refractivity contribution in [3.63, 3.8) is 0 Å². The molecule has 2 aromatic rings. The van der Waals surface area contributed by atoms with Gasteiger partial charge in [0.1, 0.15) is 18.2 Å². The van der Waals surface area contributed by atoms with Crippen LogP contribution in [-0.2, 0) is 11.4 Å². The number of nitrogens with zero attached hydrogens (tertiary/aromatic N) is 2. The van der Waals surface area contributed by atoms with E-state index in [0.29, 0.717) is 52.9 Å². The molecule has 0 saturated carbocycles. The van der Waals surface area contributed by atoms with Crippen LogP contribution in [0.15, 0.2) is 46.4 Å². The van der Waals surface area contributed by atoms with Crippen LogP contribution in [0, 0.1) is 11.3 Å². The third-order valence-corrected chi connectivity index (χ3v) is 5.52. The van der Waals surface area contributed by atoms with E-state index in [1.165, 1.54) is 0 Å². The van der Waals surface area contributed by atoms with Gasteiger partial charge in [-0.15, -0.1) is 0 Å². The predicted molar refractivity (Wildman–Crippen MR) is 120 cm³/mol. The van der Waals surface area contributed by atoms with Gasteiger partial charge in [-0.25, -0.2) is 0 Å². The van der Waals surface area contributed by atoms with Gasteiger partial charge in [0.05, 0.1) is 11.1 Å².